The number of hydrogen-bond acceptors (Lipinski definition) is 10. The topological polar surface area (TPSA) is 167 Å². The number of carbonyl (C=O) groups excluding carboxylic acids is 2. The van der Waals surface area contributed by atoms with Crippen LogP contribution in [0.15, 0.2) is 58.0 Å². The second-order valence-corrected chi connectivity index (χ2v) is 9.76. The highest BCUT2D eigenvalue weighted by molar-refractivity contribution is 5.92. The third-order valence-corrected chi connectivity index (χ3v) is 6.41. The van der Waals surface area contributed by atoms with Crippen molar-refractivity contribution in [2.45, 2.75) is 45.1 Å². The van der Waals surface area contributed by atoms with Crippen LogP contribution in [0, 0.1) is 0 Å². The molecule has 1 saturated carbocycles. The Morgan fingerprint density at radius 3 is 2.53 bits per heavy atom. The number of nitrogens with zero attached hydrogens (tertiary/aromatic N) is 4. The van der Waals surface area contributed by atoms with Gasteiger partial charge in [0.25, 0.3) is 5.56 Å². The number of nitrogen functional groups attached to an aromatic ring is 1. The maximum atomic E-state index is 13.4. The van der Waals surface area contributed by atoms with Crippen LogP contribution in [0.5, 0.6) is 0 Å². The molecule has 5 rings (SSSR count). The molecule has 0 unspecified atom stereocenters. The molecule has 4 aromatic rings. The molecule has 224 valence electrons. The van der Waals surface area contributed by atoms with E-state index in [4.69, 9.17) is 10.5 Å². The summed E-state index contributed by atoms with van der Waals surface area (Å²) < 4.78 is 48.8. The lowest BCUT2D eigenvalue weighted by Gasteiger charge is -2.16. The van der Waals surface area contributed by atoms with Crippen LogP contribution < -0.4 is 21.9 Å². The monoisotopic (exact) mass is 597 g/mol. The quantitative estimate of drug-likeness (QED) is 0.181. The Balaban J connectivity index is 1.34. The number of halogens is 3. The van der Waals surface area contributed by atoms with E-state index < -0.39 is 29.5 Å². The largest absolute Gasteiger partial charge is 0.471 e. The molecule has 2 aromatic heterocycles. The molecule has 43 heavy (non-hydrogen) atoms. The van der Waals surface area contributed by atoms with E-state index in [0.29, 0.717) is 16.7 Å². The summed E-state index contributed by atoms with van der Waals surface area (Å²) in [7, 11) is 0. The number of amides is 1. The summed E-state index contributed by atoms with van der Waals surface area (Å²) in [5, 5.41) is 9.15. The van der Waals surface area contributed by atoms with Crippen molar-refractivity contribution >= 4 is 23.4 Å². The number of nitrogens with two attached hydrogens (primary N) is 1. The van der Waals surface area contributed by atoms with Gasteiger partial charge in [-0.15, -0.1) is 0 Å². The van der Waals surface area contributed by atoms with Crippen LogP contribution in [0.1, 0.15) is 41.6 Å². The Hall–Kier alpha value is -5.21. The molecule has 1 amide bonds. The molecule has 0 spiro atoms. The van der Waals surface area contributed by atoms with Gasteiger partial charge in [0.1, 0.15) is 6.54 Å². The first-order chi connectivity index (χ1) is 20.5. The molecule has 0 aliphatic heterocycles. The first kappa shape index (κ1) is 29.3. The molecular weight excluding hydrogens is 571 g/mol. The smallest absolute Gasteiger partial charge is 0.462 e. The van der Waals surface area contributed by atoms with Gasteiger partial charge in [-0.25, -0.2) is 9.78 Å². The van der Waals surface area contributed by atoms with E-state index in [9.17, 15) is 27.6 Å². The van der Waals surface area contributed by atoms with Crippen molar-refractivity contribution in [2.24, 2.45) is 0 Å². The maximum absolute atomic E-state index is 13.4. The maximum Gasteiger partial charge on any atom is 0.471 e. The average molecular weight is 598 g/mol. The summed E-state index contributed by atoms with van der Waals surface area (Å²) in [5.74, 6) is -2.67. The first-order valence-electron chi connectivity index (χ1n) is 13.2. The van der Waals surface area contributed by atoms with E-state index in [1.54, 1.807) is 25.1 Å². The zero-order valence-electron chi connectivity index (χ0n) is 22.8. The van der Waals surface area contributed by atoms with Gasteiger partial charge >= 0.3 is 18.0 Å². The van der Waals surface area contributed by atoms with Crippen molar-refractivity contribution in [1.82, 2.24) is 25.0 Å². The number of anilines is 2. The highest BCUT2D eigenvalue weighted by Crippen LogP contribution is 2.29. The van der Waals surface area contributed by atoms with Crippen LogP contribution in [0.25, 0.3) is 22.6 Å². The van der Waals surface area contributed by atoms with Crippen molar-refractivity contribution in [1.29, 1.82) is 0 Å². The van der Waals surface area contributed by atoms with Crippen LogP contribution in [0.4, 0.5) is 24.7 Å². The summed E-state index contributed by atoms with van der Waals surface area (Å²) in [4.78, 5) is 46.4. The Kier molecular flexibility index (Phi) is 8.14. The van der Waals surface area contributed by atoms with Crippen LogP contribution in [-0.4, -0.2) is 44.2 Å². The third-order valence-electron chi connectivity index (χ3n) is 6.41. The lowest BCUT2D eigenvalue weighted by atomic mass is 10.1. The minimum atomic E-state index is -4.75. The number of carbonyl (C=O) groups is 2. The van der Waals surface area contributed by atoms with Crippen LogP contribution in [0.3, 0.4) is 0 Å². The molecule has 12 nitrogen and oxygen atoms in total. The first-order valence-corrected chi connectivity index (χ1v) is 13.2. The van der Waals surface area contributed by atoms with Crippen LogP contribution in [0.2, 0.25) is 0 Å². The summed E-state index contributed by atoms with van der Waals surface area (Å²) in [6.45, 7) is 1.52. The molecule has 0 saturated heterocycles. The molecule has 0 atom stereocenters. The number of aromatic nitrogens is 4. The summed E-state index contributed by atoms with van der Waals surface area (Å²) in [6.07, 6.45) is -1.52. The molecule has 1 aliphatic rings. The molecule has 2 heterocycles. The number of rotatable bonds is 10. The Morgan fingerprint density at radius 2 is 1.88 bits per heavy atom. The summed E-state index contributed by atoms with van der Waals surface area (Å²) in [6, 6.07) is 10.8. The fourth-order valence-electron chi connectivity index (χ4n) is 4.15. The van der Waals surface area contributed by atoms with Gasteiger partial charge in [-0.05, 0) is 43.5 Å². The second-order valence-electron chi connectivity index (χ2n) is 9.76. The number of esters is 1. The van der Waals surface area contributed by atoms with Gasteiger partial charge in [0.2, 0.25) is 11.7 Å². The normalized spacial score (nSPS) is 13.0. The highest BCUT2D eigenvalue weighted by atomic mass is 19.4. The number of hydrogen-bond donors (Lipinski definition) is 3. The van der Waals surface area contributed by atoms with Gasteiger partial charge < -0.3 is 25.6 Å². The van der Waals surface area contributed by atoms with Crippen molar-refractivity contribution in [3.8, 4) is 22.6 Å². The van der Waals surface area contributed by atoms with Gasteiger partial charge in [-0.2, -0.15) is 18.2 Å². The Morgan fingerprint density at radius 1 is 1.14 bits per heavy atom. The predicted octanol–water partition coefficient (Wildman–Crippen LogP) is 3.63. The van der Waals surface area contributed by atoms with E-state index in [1.165, 1.54) is 35.0 Å². The lowest BCUT2D eigenvalue weighted by Crippen LogP contribution is -2.34. The van der Waals surface area contributed by atoms with Gasteiger partial charge in [0, 0.05) is 29.4 Å². The second kappa shape index (κ2) is 12.0. The fraction of sp³-hybridized carbons (Fsp3) is 0.286. The molecule has 15 heteroatoms. The van der Waals surface area contributed by atoms with Gasteiger partial charge in [-0.1, -0.05) is 29.4 Å². The Bertz CT molecular complexity index is 1710. The zero-order chi connectivity index (χ0) is 30.7. The van der Waals surface area contributed by atoms with Crippen molar-refractivity contribution in [3.05, 3.63) is 76.0 Å². The minimum absolute atomic E-state index is 0.0623. The number of alkyl halides is 3. The number of ether oxygens (including phenoxy) is 1. The molecule has 0 radical (unpaired) electrons. The average Bonchev–Trinajstić information content (AvgIpc) is 3.64. The van der Waals surface area contributed by atoms with Crippen molar-refractivity contribution < 1.29 is 32.0 Å². The van der Waals surface area contributed by atoms with E-state index in [2.05, 4.69) is 30.3 Å². The number of benzene rings is 2. The predicted molar refractivity (Wildman–Crippen MR) is 148 cm³/mol. The zero-order valence-corrected chi connectivity index (χ0v) is 22.8. The SMILES string of the molecule is CCOC(=O)c1cc(N)cc(-c2cnc(NC3CC3)c(=O)n2CC(=O)NCc2ccc(-c3noc(C(F)(F)F)n3)cc2)c1. The van der Waals surface area contributed by atoms with E-state index in [1.807, 2.05) is 0 Å². The molecular formula is C28H26F3N7O5. The van der Waals surface area contributed by atoms with Gasteiger partial charge in [0.15, 0.2) is 5.82 Å². The van der Waals surface area contributed by atoms with E-state index >= 15 is 0 Å². The fourth-order valence-corrected chi connectivity index (χ4v) is 4.15. The van der Waals surface area contributed by atoms with E-state index in [-0.39, 0.29) is 54.3 Å². The molecule has 4 N–H and O–H groups in total. The van der Waals surface area contributed by atoms with Crippen LogP contribution in [-0.2, 0) is 28.8 Å². The Labute approximate surface area is 242 Å². The third kappa shape index (κ3) is 6.99. The number of nitrogens with one attached hydrogen (secondary N) is 2. The minimum Gasteiger partial charge on any atom is -0.462 e. The summed E-state index contributed by atoms with van der Waals surface area (Å²) >= 11 is 0. The molecule has 2 aromatic carbocycles. The van der Waals surface area contributed by atoms with Gasteiger partial charge in [-0.3, -0.25) is 14.2 Å². The molecule has 1 aliphatic carbocycles. The van der Waals surface area contributed by atoms with Crippen molar-refractivity contribution in [2.75, 3.05) is 17.7 Å². The summed E-state index contributed by atoms with van der Waals surface area (Å²) in [5.41, 5.74) is 7.52. The van der Waals surface area contributed by atoms with Crippen molar-refractivity contribution in [3.63, 3.8) is 0 Å². The highest BCUT2D eigenvalue weighted by Gasteiger charge is 2.38. The van der Waals surface area contributed by atoms with Gasteiger partial charge in [0.05, 0.1) is 24.1 Å². The molecule has 1 fully saturated rings. The van der Waals surface area contributed by atoms with E-state index in [0.717, 1.165) is 12.8 Å². The molecule has 0 bridgehead atoms. The lowest BCUT2D eigenvalue weighted by molar-refractivity contribution is -0.159. The van der Waals surface area contributed by atoms with Crippen LogP contribution >= 0.6 is 0 Å². The standard InChI is InChI=1S/C28H26F3N7O5/c1-2-42-26(41)18-9-17(10-19(32)11-18)21-13-34-24(35-20-7-8-20)25(40)38(21)14-22(39)33-12-15-3-5-16(6-4-15)23-36-27(43-37-23)28(29,30)31/h3-6,9-11,13,20H,2,7-8,12,14,32H2,1H3,(H,33,39)(H,34,35).